The molecule has 0 amide bonds. The molecule has 2 unspecified atom stereocenters. The van der Waals surface area contributed by atoms with E-state index < -0.39 is 6.10 Å². The lowest BCUT2D eigenvalue weighted by molar-refractivity contribution is 0.146. The fraction of sp³-hybridized carbons (Fsp3) is 0.333. The first-order valence-electron chi connectivity index (χ1n) is 6.22. The number of furan rings is 1. The first-order valence-corrected chi connectivity index (χ1v) is 6.22. The van der Waals surface area contributed by atoms with Crippen molar-refractivity contribution >= 4 is 0 Å². The average molecular weight is 261 g/mol. The second kappa shape index (κ2) is 5.91. The predicted octanol–water partition coefficient (Wildman–Crippen LogP) is 2.37. The summed E-state index contributed by atoms with van der Waals surface area (Å²) in [5.74, 6) is 1.40. The Kier molecular flexibility index (Phi) is 4.24. The fourth-order valence-electron chi connectivity index (χ4n) is 2.15. The van der Waals surface area contributed by atoms with Gasteiger partial charge in [0.25, 0.3) is 0 Å². The van der Waals surface area contributed by atoms with Crippen molar-refractivity contribution in [2.75, 3.05) is 13.7 Å². The minimum atomic E-state index is -0.671. The van der Waals surface area contributed by atoms with Gasteiger partial charge in [-0.3, -0.25) is 0 Å². The summed E-state index contributed by atoms with van der Waals surface area (Å²) in [5.41, 5.74) is 7.53. The van der Waals surface area contributed by atoms with Gasteiger partial charge in [-0.15, -0.1) is 0 Å². The first-order chi connectivity index (χ1) is 9.15. The van der Waals surface area contributed by atoms with E-state index in [1.54, 1.807) is 13.4 Å². The molecule has 1 aromatic carbocycles. The summed E-state index contributed by atoms with van der Waals surface area (Å²) in [5, 5.41) is 10.4. The van der Waals surface area contributed by atoms with Gasteiger partial charge in [-0.1, -0.05) is 12.1 Å². The number of aliphatic hydroxyl groups is 1. The van der Waals surface area contributed by atoms with Crippen molar-refractivity contribution in [2.45, 2.75) is 18.9 Å². The molecule has 19 heavy (non-hydrogen) atoms. The quantitative estimate of drug-likeness (QED) is 0.867. The number of rotatable bonds is 5. The highest BCUT2D eigenvalue weighted by Gasteiger charge is 2.22. The molecule has 2 aromatic rings. The van der Waals surface area contributed by atoms with E-state index in [1.807, 2.05) is 37.3 Å². The summed E-state index contributed by atoms with van der Waals surface area (Å²) in [4.78, 5) is 0. The van der Waals surface area contributed by atoms with Gasteiger partial charge in [-0.05, 0) is 30.7 Å². The van der Waals surface area contributed by atoms with Gasteiger partial charge in [-0.25, -0.2) is 0 Å². The van der Waals surface area contributed by atoms with E-state index in [0.717, 1.165) is 22.6 Å². The zero-order chi connectivity index (χ0) is 13.8. The zero-order valence-corrected chi connectivity index (χ0v) is 11.2. The molecule has 0 radical (unpaired) electrons. The van der Waals surface area contributed by atoms with E-state index in [2.05, 4.69) is 0 Å². The lowest BCUT2D eigenvalue weighted by atomic mass is 9.90. The maximum Gasteiger partial charge on any atom is 0.118 e. The van der Waals surface area contributed by atoms with Crippen LogP contribution in [0.5, 0.6) is 5.75 Å². The predicted molar refractivity (Wildman–Crippen MR) is 73.2 cm³/mol. The molecule has 4 nitrogen and oxygen atoms in total. The summed E-state index contributed by atoms with van der Waals surface area (Å²) in [6.07, 6.45) is 0.905. The first kappa shape index (κ1) is 13.6. The summed E-state index contributed by atoms with van der Waals surface area (Å²) < 4.78 is 10.4. The molecule has 0 saturated heterocycles. The van der Waals surface area contributed by atoms with Crippen LogP contribution in [0.25, 0.3) is 0 Å². The smallest absolute Gasteiger partial charge is 0.118 e. The Bertz CT molecular complexity index is 518. The second-order valence-corrected chi connectivity index (χ2v) is 4.55. The number of ether oxygens (including phenoxy) is 1. The number of aryl methyl sites for hydroxylation is 1. The Labute approximate surface area is 112 Å². The molecule has 0 fully saturated rings. The molecule has 0 aliphatic rings. The number of nitrogens with two attached hydrogens (primary N) is 1. The lowest BCUT2D eigenvalue weighted by Gasteiger charge is -2.21. The number of methoxy groups -OCH3 is 1. The van der Waals surface area contributed by atoms with Gasteiger partial charge in [0, 0.05) is 18.0 Å². The molecule has 0 aliphatic heterocycles. The topological polar surface area (TPSA) is 68.6 Å². The summed E-state index contributed by atoms with van der Waals surface area (Å²) >= 11 is 0. The third kappa shape index (κ3) is 2.97. The van der Waals surface area contributed by atoms with Crippen LogP contribution in [0.15, 0.2) is 41.0 Å². The van der Waals surface area contributed by atoms with Gasteiger partial charge in [0.2, 0.25) is 0 Å². The Morgan fingerprint density at radius 3 is 2.42 bits per heavy atom. The molecule has 0 bridgehead atoms. The fourth-order valence-corrected chi connectivity index (χ4v) is 2.15. The highest BCUT2D eigenvalue weighted by molar-refractivity contribution is 5.32. The third-order valence-electron chi connectivity index (χ3n) is 3.27. The Hall–Kier alpha value is -1.78. The molecule has 0 saturated carbocycles. The minimum absolute atomic E-state index is 0.164. The largest absolute Gasteiger partial charge is 0.497 e. The lowest BCUT2D eigenvalue weighted by Crippen LogP contribution is -2.19. The molecule has 0 spiro atoms. The average Bonchev–Trinajstić information content (AvgIpc) is 2.87. The van der Waals surface area contributed by atoms with E-state index >= 15 is 0 Å². The summed E-state index contributed by atoms with van der Waals surface area (Å²) in [6, 6.07) is 9.41. The van der Waals surface area contributed by atoms with Gasteiger partial charge in [-0.2, -0.15) is 0 Å². The third-order valence-corrected chi connectivity index (χ3v) is 3.27. The van der Waals surface area contributed by atoms with Crippen molar-refractivity contribution in [1.29, 1.82) is 0 Å². The van der Waals surface area contributed by atoms with E-state index in [1.165, 1.54) is 0 Å². The van der Waals surface area contributed by atoms with E-state index in [0.29, 0.717) is 6.54 Å². The summed E-state index contributed by atoms with van der Waals surface area (Å²) in [7, 11) is 1.62. The highest BCUT2D eigenvalue weighted by Crippen LogP contribution is 2.31. The van der Waals surface area contributed by atoms with Crippen molar-refractivity contribution in [3.8, 4) is 5.75 Å². The van der Waals surface area contributed by atoms with Gasteiger partial charge < -0.3 is 20.0 Å². The van der Waals surface area contributed by atoms with Crippen LogP contribution < -0.4 is 10.5 Å². The molecule has 4 heteroatoms. The molecular formula is C15H19NO3. The molecule has 3 N–H and O–H groups in total. The van der Waals surface area contributed by atoms with Crippen molar-refractivity contribution in [1.82, 2.24) is 0 Å². The number of hydrogen-bond acceptors (Lipinski definition) is 4. The van der Waals surface area contributed by atoms with E-state index in [-0.39, 0.29) is 5.92 Å². The van der Waals surface area contributed by atoms with Gasteiger partial charge in [0.05, 0.1) is 19.5 Å². The van der Waals surface area contributed by atoms with Crippen LogP contribution >= 0.6 is 0 Å². The van der Waals surface area contributed by atoms with Crippen LogP contribution in [0.3, 0.4) is 0 Å². The van der Waals surface area contributed by atoms with Crippen LogP contribution in [0.4, 0.5) is 0 Å². The minimum Gasteiger partial charge on any atom is -0.497 e. The molecule has 2 rings (SSSR count). The van der Waals surface area contributed by atoms with Gasteiger partial charge >= 0.3 is 0 Å². The van der Waals surface area contributed by atoms with Crippen molar-refractivity contribution in [3.05, 3.63) is 53.5 Å². The summed E-state index contributed by atoms with van der Waals surface area (Å²) in [6.45, 7) is 2.21. The molecule has 1 heterocycles. The van der Waals surface area contributed by atoms with Crippen LogP contribution in [0.1, 0.15) is 28.9 Å². The molecular weight excluding hydrogens is 242 g/mol. The van der Waals surface area contributed by atoms with E-state index in [4.69, 9.17) is 14.9 Å². The highest BCUT2D eigenvalue weighted by atomic mass is 16.5. The standard InChI is InChI=1S/C15H19NO3/c1-10-7-12(9-19-10)15(17)14(8-16)11-3-5-13(18-2)6-4-11/h3-7,9,14-15,17H,8,16H2,1-2H3. The zero-order valence-electron chi connectivity index (χ0n) is 11.2. The van der Waals surface area contributed by atoms with Crippen molar-refractivity contribution < 1.29 is 14.3 Å². The number of aliphatic hydroxyl groups excluding tert-OH is 1. The molecule has 102 valence electrons. The van der Waals surface area contributed by atoms with E-state index in [9.17, 15) is 5.11 Å². The normalized spacial score (nSPS) is 14.1. The van der Waals surface area contributed by atoms with Crippen molar-refractivity contribution in [2.24, 2.45) is 5.73 Å². The van der Waals surface area contributed by atoms with Crippen LogP contribution in [0, 0.1) is 6.92 Å². The second-order valence-electron chi connectivity index (χ2n) is 4.55. The van der Waals surface area contributed by atoms with Crippen LogP contribution in [-0.2, 0) is 0 Å². The maximum absolute atomic E-state index is 10.4. The molecule has 1 aromatic heterocycles. The molecule has 2 atom stereocenters. The number of benzene rings is 1. The Balaban J connectivity index is 2.23. The van der Waals surface area contributed by atoms with Crippen LogP contribution in [0.2, 0.25) is 0 Å². The van der Waals surface area contributed by atoms with Crippen LogP contribution in [-0.4, -0.2) is 18.8 Å². The number of hydrogen-bond donors (Lipinski definition) is 2. The SMILES string of the molecule is COc1ccc(C(CN)C(O)c2coc(C)c2)cc1. The molecule has 0 aliphatic carbocycles. The monoisotopic (exact) mass is 261 g/mol. The van der Waals surface area contributed by atoms with Gasteiger partial charge in [0.1, 0.15) is 11.5 Å². The van der Waals surface area contributed by atoms with Gasteiger partial charge in [0.15, 0.2) is 0 Å². The Morgan fingerprint density at radius 2 is 1.95 bits per heavy atom. The van der Waals surface area contributed by atoms with Crippen molar-refractivity contribution in [3.63, 3.8) is 0 Å². The Morgan fingerprint density at radius 1 is 1.26 bits per heavy atom. The maximum atomic E-state index is 10.4.